The second-order valence-corrected chi connectivity index (χ2v) is 2.88. The molecule has 0 N–H and O–H groups in total. The van der Waals surface area contributed by atoms with Crippen LogP contribution in [-0.4, -0.2) is 12.4 Å². The molecule has 70 valence electrons. The van der Waals surface area contributed by atoms with E-state index in [2.05, 4.69) is 24.1 Å². The fraction of sp³-hybridized carbons (Fsp3) is 0.800. The highest BCUT2D eigenvalue weighted by molar-refractivity contribution is 5.61. The lowest BCUT2D eigenvalue weighted by molar-refractivity contribution is 0.836. The van der Waals surface area contributed by atoms with Gasteiger partial charge >= 0.3 is 0 Å². The zero-order valence-corrected chi connectivity index (χ0v) is 8.29. The maximum atomic E-state index is 3.93. The van der Waals surface area contributed by atoms with Crippen LogP contribution in [0.25, 0.3) is 0 Å². The third-order valence-electron chi connectivity index (χ3n) is 1.60. The molecule has 2 nitrogen and oxygen atoms in total. The van der Waals surface area contributed by atoms with Crippen molar-refractivity contribution in [3.05, 3.63) is 0 Å². The van der Waals surface area contributed by atoms with Gasteiger partial charge in [0.1, 0.15) is 0 Å². The quantitative estimate of drug-likeness (QED) is 0.316. The van der Waals surface area contributed by atoms with Crippen LogP contribution in [0.2, 0.25) is 0 Å². The van der Waals surface area contributed by atoms with E-state index in [0.717, 1.165) is 12.8 Å². The molecule has 0 aromatic carbocycles. The van der Waals surface area contributed by atoms with E-state index in [1.165, 1.54) is 25.7 Å². The summed E-state index contributed by atoms with van der Waals surface area (Å²) in [4.78, 5) is 0. The van der Waals surface area contributed by atoms with Crippen LogP contribution in [-0.2, 0) is 0 Å². The fourth-order valence-electron chi connectivity index (χ4n) is 0.801. The molecule has 0 aliphatic carbocycles. The van der Waals surface area contributed by atoms with Crippen LogP contribution in [0.5, 0.6) is 0 Å². The van der Waals surface area contributed by atoms with Gasteiger partial charge in [-0.2, -0.15) is 10.2 Å². The predicted octanol–water partition coefficient (Wildman–Crippen LogP) is 3.42. The van der Waals surface area contributed by atoms with Crippen LogP contribution in [0.3, 0.4) is 0 Å². The number of rotatable bonds is 7. The van der Waals surface area contributed by atoms with Crippen molar-refractivity contribution in [2.24, 2.45) is 10.2 Å². The van der Waals surface area contributed by atoms with E-state index in [-0.39, 0.29) is 0 Å². The van der Waals surface area contributed by atoms with E-state index in [0.29, 0.717) is 0 Å². The average molecular weight is 168 g/mol. The summed E-state index contributed by atoms with van der Waals surface area (Å²) in [5.41, 5.74) is 0. The highest BCUT2D eigenvalue weighted by Gasteiger charge is 1.78. The van der Waals surface area contributed by atoms with Crippen molar-refractivity contribution in [3.63, 3.8) is 0 Å². The lowest BCUT2D eigenvalue weighted by Crippen LogP contribution is -1.76. The van der Waals surface area contributed by atoms with E-state index >= 15 is 0 Å². The SMILES string of the molecule is CCCC/C=N/N=C/CCCC. The maximum Gasteiger partial charge on any atom is 0.0270 e. The molecule has 0 aromatic rings. The molecule has 0 aliphatic heterocycles. The summed E-state index contributed by atoms with van der Waals surface area (Å²) in [6.07, 6.45) is 10.8. The molecule has 0 unspecified atom stereocenters. The van der Waals surface area contributed by atoms with Gasteiger partial charge in [0.05, 0.1) is 0 Å². The Labute approximate surface area is 75.8 Å². The smallest absolute Gasteiger partial charge is 0.0270 e. The molecule has 0 amide bonds. The number of unbranched alkanes of at least 4 members (excludes halogenated alkanes) is 4. The van der Waals surface area contributed by atoms with Crippen molar-refractivity contribution in [1.82, 2.24) is 0 Å². The summed E-state index contributed by atoms with van der Waals surface area (Å²) in [6.45, 7) is 4.36. The molecule has 0 heterocycles. The molecule has 0 aliphatic rings. The maximum absolute atomic E-state index is 3.93. The molecule has 12 heavy (non-hydrogen) atoms. The standard InChI is InChI=1S/C10H20N2/c1-3-5-7-9-11-12-10-8-6-4-2/h9-10H,3-8H2,1-2H3/b11-9+,12-10+. The van der Waals surface area contributed by atoms with Gasteiger partial charge < -0.3 is 0 Å². The molecular weight excluding hydrogens is 148 g/mol. The molecule has 0 spiro atoms. The van der Waals surface area contributed by atoms with Gasteiger partial charge in [-0.25, -0.2) is 0 Å². The average Bonchev–Trinajstić information content (AvgIpc) is 2.10. The molecule has 0 aromatic heterocycles. The Morgan fingerprint density at radius 2 is 1.25 bits per heavy atom. The van der Waals surface area contributed by atoms with E-state index in [1.807, 2.05) is 12.4 Å². The lowest BCUT2D eigenvalue weighted by Gasteiger charge is -1.86. The Bertz CT molecular complexity index is 112. The fourth-order valence-corrected chi connectivity index (χ4v) is 0.801. The van der Waals surface area contributed by atoms with Gasteiger partial charge in [0, 0.05) is 12.4 Å². The van der Waals surface area contributed by atoms with Gasteiger partial charge in [0.2, 0.25) is 0 Å². The molecule has 0 atom stereocenters. The monoisotopic (exact) mass is 168 g/mol. The Balaban J connectivity index is 3.15. The van der Waals surface area contributed by atoms with Crippen molar-refractivity contribution >= 4 is 12.4 Å². The molecule has 0 radical (unpaired) electrons. The Hall–Kier alpha value is -0.660. The minimum absolute atomic E-state index is 1.06. The molecule has 0 saturated carbocycles. The Morgan fingerprint density at radius 1 is 0.833 bits per heavy atom. The van der Waals surface area contributed by atoms with Crippen LogP contribution in [0.15, 0.2) is 10.2 Å². The highest BCUT2D eigenvalue weighted by Crippen LogP contribution is 1.91. The van der Waals surface area contributed by atoms with Gasteiger partial charge in [-0.1, -0.05) is 26.7 Å². The van der Waals surface area contributed by atoms with Crippen molar-refractivity contribution in [3.8, 4) is 0 Å². The minimum Gasteiger partial charge on any atom is -0.164 e. The molecule has 0 rings (SSSR count). The van der Waals surface area contributed by atoms with Crippen LogP contribution in [0.1, 0.15) is 52.4 Å². The summed E-state index contributed by atoms with van der Waals surface area (Å²) >= 11 is 0. The summed E-state index contributed by atoms with van der Waals surface area (Å²) in [5.74, 6) is 0. The first-order valence-electron chi connectivity index (χ1n) is 4.95. The van der Waals surface area contributed by atoms with Crippen LogP contribution in [0, 0.1) is 0 Å². The van der Waals surface area contributed by atoms with E-state index in [1.54, 1.807) is 0 Å². The summed E-state index contributed by atoms with van der Waals surface area (Å²) in [5, 5.41) is 7.85. The van der Waals surface area contributed by atoms with Gasteiger partial charge in [0.25, 0.3) is 0 Å². The van der Waals surface area contributed by atoms with Gasteiger partial charge in [-0.3, -0.25) is 0 Å². The first-order chi connectivity index (χ1) is 5.91. The predicted molar refractivity (Wildman–Crippen MR) is 56.0 cm³/mol. The summed E-state index contributed by atoms with van der Waals surface area (Å²) in [6, 6.07) is 0. The van der Waals surface area contributed by atoms with Crippen molar-refractivity contribution < 1.29 is 0 Å². The largest absolute Gasteiger partial charge is 0.164 e. The van der Waals surface area contributed by atoms with E-state index < -0.39 is 0 Å². The van der Waals surface area contributed by atoms with E-state index in [9.17, 15) is 0 Å². The van der Waals surface area contributed by atoms with Crippen molar-refractivity contribution in [2.45, 2.75) is 52.4 Å². The number of hydrogen-bond acceptors (Lipinski definition) is 2. The first kappa shape index (κ1) is 11.3. The zero-order chi connectivity index (χ0) is 9.07. The zero-order valence-electron chi connectivity index (χ0n) is 8.29. The number of hydrogen-bond donors (Lipinski definition) is 0. The van der Waals surface area contributed by atoms with Gasteiger partial charge in [-0.15, -0.1) is 0 Å². The Kier molecular flexibility index (Phi) is 9.77. The molecule has 0 bridgehead atoms. The topological polar surface area (TPSA) is 24.7 Å². The first-order valence-corrected chi connectivity index (χ1v) is 4.95. The highest BCUT2D eigenvalue weighted by atomic mass is 15.2. The molecule has 0 fully saturated rings. The van der Waals surface area contributed by atoms with Gasteiger partial charge in [0.15, 0.2) is 0 Å². The third-order valence-corrected chi connectivity index (χ3v) is 1.60. The van der Waals surface area contributed by atoms with Crippen LogP contribution in [0.4, 0.5) is 0 Å². The lowest BCUT2D eigenvalue weighted by atomic mass is 10.3. The van der Waals surface area contributed by atoms with E-state index in [4.69, 9.17) is 0 Å². The second-order valence-electron chi connectivity index (χ2n) is 2.88. The summed E-state index contributed by atoms with van der Waals surface area (Å²) in [7, 11) is 0. The molecule has 0 saturated heterocycles. The van der Waals surface area contributed by atoms with Crippen LogP contribution < -0.4 is 0 Å². The second kappa shape index (κ2) is 10.3. The van der Waals surface area contributed by atoms with Gasteiger partial charge in [-0.05, 0) is 25.7 Å². The number of nitrogens with zero attached hydrogens (tertiary/aromatic N) is 2. The Morgan fingerprint density at radius 3 is 1.58 bits per heavy atom. The van der Waals surface area contributed by atoms with Crippen LogP contribution >= 0.6 is 0 Å². The third kappa shape index (κ3) is 9.34. The minimum atomic E-state index is 1.06. The summed E-state index contributed by atoms with van der Waals surface area (Å²) < 4.78 is 0. The van der Waals surface area contributed by atoms with Crippen molar-refractivity contribution in [2.75, 3.05) is 0 Å². The molecule has 2 heteroatoms. The van der Waals surface area contributed by atoms with Crippen molar-refractivity contribution in [1.29, 1.82) is 0 Å². The molecular formula is C10H20N2. The normalized spacial score (nSPS) is 11.8.